The Morgan fingerprint density at radius 1 is 0.667 bits per heavy atom. The van der Waals surface area contributed by atoms with Gasteiger partial charge in [0, 0.05) is 5.56 Å². The zero-order valence-electron chi connectivity index (χ0n) is 24.1. The first-order valence-electron chi connectivity index (χ1n) is 14.5. The maximum absolute atomic E-state index is 11.5. The molecule has 7 aromatic rings. The van der Waals surface area contributed by atoms with Crippen LogP contribution in [0.1, 0.15) is 32.7 Å². The molecule has 5 aromatic carbocycles. The number of nitrogens with zero attached hydrogens (tertiary/aromatic N) is 6. The number of halogens is 1. The third-order valence-corrected chi connectivity index (χ3v) is 8.40. The topological polar surface area (TPSA) is 78.5 Å². The molecule has 7 rings (SSSR count). The highest BCUT2D eigenvalue weighted by Crippen LogP contribution is 2.43. The SMILES string of the molecule is O=Cc1cnc(Cl)n1Cc1ccc(-c2ccccc2-c2nnnn2C(c2ccccc2)(c2ccccc2)c2ccccc2)cc1. The van der Waals surface area contributed by atoms with Gasteiger partial charge >= 0.3 is 0 Å². The van der Waals surface area contributed by atoms with Crippen LogP contribution in [0.4, 0.5) is 0 Å². The van der Waals surface area contributed by atoms with Crippen LogP contribution in [0.3, 0.4) is 0 Å². The molecule has 218 valence electrons. The highest BCUT2D eigenvalue weighted by molar-refractivity contribution is 6.28. The Bertz CT molecular complexity index is 1960. The van der Waals surface area contributed by atoms with Crippen LogP contribution in [0.5, 0.6) is 0 Å². The van der Waals surface area contributed by atoms with Gasteiger partial charge < -0.3 is 4.57 Å². The number of carbonyl (C=O) groups excluding carboxylic acids is 1. The molecule has 0 spiro atoms. The second kappa shape index (κ2) is 12.1. The van der Waals surface area contributed by atoms with Crippen LogP contribution in [0, 0.1) is 0 Å². The molecular weight excluding hydrogens is 580 g/mol. The molecule has 45 heavy (non-hydrogen) atoms. The Kier molecular flexibility index (Phi) is 7.59. The van der Waals surface area contributed by atoms with Crippen LogP contribution in [-0.2, 0) is 12.1 Å². The van der Waals surface area contributed by atoms with Crippen LogP contribution in [0.25, 0.3) is 22.5 Å². The summed E-state index contributed by atoms with van der Waals surface area (Å²) in [6.45, 7) is 0.431. The molecule has 0 amide bonds. The Morgan fingerprint density at radius 3 is 1.76 bits per heavy atom. The number of rotatable bonds is 9. The van der Waals surface area contributed by atoms with Crippen molar-refractivity contribution in [3.63, 3.8) is 0 Å². The van der Waals surface area contributed by atoms with E-state index in [4.69, 9.17) is 16.8 Å². The van der Waals surface area contributed by atoms with E-state index in [1.54, 1.807) is 4.57 Å². The van der Waals surface area contributed by atoms with Crippen molar-refractivity contribution >= 4 is 17.9 Å². The summed E-state index contributed by atoms with van der Waals surface area (Å²) >= 11 is 6.23. The fourth-order valence-corrected chi connectivity index (χ4v) is 6.21. The summed E-state index contributed by atoms with van der Waals surface area (Å²) in [7, 11) is 0. The molecule has 0 aliphatic heterocycles. The van der Waals surface area contributed by atoms with Crippen LogP contribution < -0.4 is 0 Å². The molecule has 0 fully saturated rings. The van der Waals surface area contributed by atoms with Gasteiger partial charge in [0.2, 0.25) is 5.28 Å². The van der Waals surface area contributed by atoms with Crippen molar-refractivity contribution in [3.05, 3.63) is 179 Å². The van der Waals surface area contributed by atoms with E-state index in [2.05, 4.69) is 76.0 Å². The van der Waals surface area contributed by atoms with Gasteiger partial charge in [0.15, 0.2) is 12.1 Å². The molecule has 0 aliphatic carbocycles. The summed E-state index contributed by atoms with van der Waals surface area (Å²) in [5.41, 5.74) is 6.53. The molecule has 0 atom stereocenters. The van der Waals surface area contributed by atoms with Crippen molar-refractivity contribution in [2.24, 2.45) is 0 Å². The molecule has 0 bridgehead atoms. The second-order valence-corrected chi connectivity index (χ2v) is 11.0. The first-order chi connectivity index (χ1) is 22.2. The lowest BCUT2D eigenvalue weighted by molar-refractivity contribution is 0.111. The van der Waals surface area contributed by atoms with Gasteiger partial charge in [-0.15, -0.1) is 5.10 Å². The van der Waals surface area contributed by atoms with Gasteiger partial charge in [0.05, 0.1) is 12.7 Å². The normalized spacial score (nSPS) is 11.4. The standard InChI is InChI=1S/C37H27ClN6O/c38-36-39-24-32(26-45)43(36)25-27-20-22-28(23-21-27)33-18-10-11-19-34(33)35-40-41-42-44(35)37(29-12-4-1-5-13-29,30-14-6-2-7-15-30)31-16-8-3-9-17-31/h1-24,26H,25H2. The molecule has 0 N–H and O–H groups in total. The van der Waals surface area contributed by atoms with Crippen LogP contribution in [-0.4, -0.2) is 36.0 Å². The summed E-state index contributed by atoms with van der Waals surface area (Å²) in [4.78, 5) is 15.5. The highest BCUT2D eigenvalue weighted by Gasteiger charge is 2.42. The third kappa shape index (κ3) is 5.03. The van der Waals surface area contributed by atoms with Crippen molar-refractivity contribution in [1.82, 2.24) is 29.8 Å². The molecule has 0 saturated carbocycles. The van der Waals surface area contributed by atoms with E-state index in [-0.39, 0.29) is 5.28 Å². The Labute approximate surface area is 265 Å². The Hall–Kier alpha value is -5.66. The van der Waals surface area contributed by atoms with Gasteiger partial charge in [-0.1, -0.05) is 140 Å². The van der Waals surface area contributed by atoms with E-state index in [0.29, 0.717) is 18.1 Å². The van der Waals surface area contributed by atoms with Gasteiger partial charge in [0.1, 0.15) is 11.2 Å². The van der Waals surface area contributed by atoms with Crippen LogP contribution in [0.2, 0.25) is 5.28 Å². The van der Waals surface area contributed by atoms with Gasteiger partial charge in [-0.3, -0.25) is 4.79 Å². The predicted molar refractivity (Wildman–Crippen MR) is 175 cm³/mol. The first-order valence-corrected chi connectivity index (χ1v) is 14.9. The smallest absolute Gasteiger partial charge is 0.203 e. The van der Waals surface area contributed by atoms with Crippen LogP contribution >= 0.6 is 11.6 Å². The monoisotopic (exact) mass is 606 g/mol. The maximum atomic E-state index is 11.5. The third-order valence-electron chi connectivity index (χ3n) is 8.09. The largest absolute Gasteiger partial charge is 0.308 e. The molecule has 2 heterocycles. The Morgan fingerprint density at radius 2 is 1.20 bits per heavy atom. The Balaban J connectivity index is 1.38. The first kappa shape index (κ1) is 28.1. The lowest BCUT2D eigenvalue weighted by Crippen LogP contribution is -2.39. The maximum Gasteiger partial charge on any atom is 0.203 e. The van der Waals surface area contributed by atoms with E-state index in [1.165, 1.54) is 6.20 Å². The quantitative estimate of drug-likeness (QED) is 0.125. The fraction of sp³-hybridized carbons (Fsp3) is 0.0541. The summed E-state index contributed by atoms with van der Waals surface area (Å²) in [6.07, 6.45) is 2.23. The predicted octanol–water partition coefficient (Wildman–Crippen LogP) is 7.56. The number of hydrogen-bond donors (Lipinski definition) is 0. The van der Waals surface area contributed by atoms with Gasteiger partial charge in [0.25, 0.3) is 0 Å². The van der Waals surface area contributed by atoms with Crippen molar-refractivity contribution in [2.45, 2.75) is 12.1 Å². The number of imidazole rings is 1. The highest BCUT2D eigenvalue weighted by atomic mass is 35.5. The van der Waals surface area contributed by atoms with Crippen molar-refractivity contribution < 1.29 is 4.79 Å². The average molecular weight is 607 g/mol. The van der Waals surface area contributed by atoms with E-state index in [0.717, 1.165) is 45.2 Å². The summed E-state index contributed by atoms with van der Waals surface area (Å²) in [5, 5.41) is 13.9. The van der Waals surface area contributed by atoms with Crippen molar-refractivity contribution in [2.75, 3.05) is 0 Å². The van der Waals surface area contributed by atoms with Crippen LogP contribution in [0.15, 0.2) is 146 Å². The minimum atomic E-state index is -0.861. The van der Waals surface area contributed by atoms with Gasteiger partial charge in [-0.05, 0) is 55.4 Å². The lowest BCUT2D eigenvalue weighted by atomic mass is 9.77. The number of benzene rings is 5. The molecule has 2 aromatic heterocycles. The van der Waals surface area contributed by atoms with E-state index in [1.807, 2.05) is 83.5 Å². The van der Waals surface area contributed by atoms with Gasteiger partial charge in [-0.2, -0.15) is 0 Å². The number of carbonyl (C=O) groups is 1. The number of aldehydes is 1. The molecule has 0 unspecified atom stereocenters. The molecular formula is C37H27ClN6O. The fourth-order valence-electron chi connectivity index (χ4n) is 6.00. The van der Waals surface area contributed by atoms with E-state index < -0.39 is 5.54 Å². The van der Waals surface area contributed by atoms with Crippen molar-refractivity contribution in [3.8, 4) is 22.5 Å². The number of aromatic nitrogens is 6. The summed E-state index contributed by atoms with van der Waals surface area (Å²) in [6, 6.07) is 47.4. The van der Waals surface area contributed by atoms with Crippen molar-refractivity contribution in [1.29, 1.82) is 0 Å². The minimum absolute atomic E-state index is 0.275. The number of hydrogen-bond acceptors (Lipinski definition) is 5. The average Bonchev–Trinajstić information content (AvgIpc) is 3.74. The minimum Gasteiger partial charge on any atom is -0.308 e. The lowest BCUT2D eigenvalue weighted by Gasteiger charge is -2.36. The van der Waals surface area contributed by atoms with E-state index in [9.17, 15) is 4.79 Å². The summed E-state index contributed by atoms with van der Waals surface area (Å²) in [5.74, 6) is 0.632. The second-order valence-electron chi connectivity index (χ2n) is 10.6. The van der Waals surface area contributed by atoms with Gasteiger partial charge in [-0.25, -0.2) is 9.67 Å². The molecule has 0 aliphatic rings. The zero-order chi connectivity index (χ0) is 30.6. The molecule has 8 heteroatoms. The molecule has 0 radical (unpaired) electrons. The number of tetrazole rings is 1. The van der Waals surface area contributed by atoms with E-state index >= 15 is 0 Å². The zero-order valence-corrected chi connectivity index (χ0v) is 24.9. The molecule has 0 saturated heterocycles. The summed E-state index contributed by atoms with van der Waals surface area (Å²) < 4.78 is 3.63. The molecule has 7 nitrogen and oxygen atoms in total.